The molecule has 1 atom stereocenters. The van der Waals surface area contributed by atoms with Gasteiger partial charge in [-0.3, -0.25) is 13.8 Å². The molecular formula is C29H20F5IrN2O-. The van der Waals surface area contributed by atoms with Crippen molar-refractivity contribution in [2.75, 3.05) is 0 Å². The molecule has 0 saturated heterocycles. The molecule has 3 nitrogen and oxygen atoms in total. The molecule has 197 valence electrons. The molecule has 0 amide bonds. The zero-order valence-electron chi connectivity index (χ0n) is 19.5. The fourth-order valence-corrected chi connectivity index (χ4v) is 3.86. The smallest absolute Gasteiger partial charge is 0.378 e. The number of nitrogens with zero attached hydrogens (tertiary/aromatic N) is 2. The average Bonchev–Trinajstić information content (AvgIpc) is 3.42. The molecule has 38 heavy (non-hydrogen) atoms. The predicted molar refractivity (Wildman–Crippen MR) is 131 cm³/mol. The minimum absolute atomic E-state index is 0. The van der Waals surface area contributed by atoms with Crippen LogP contribution in [0.25, 0.3) is 11.3 Å². The molecule has 0 spiro atoms. The Bertz CT molecular complexity index is 1360. The largest absolute Gasteiger partial charge is 0.432 e. The van der Waals surface area contributed by atoms with Crippen LogP contribution in [0.15, 0.2) is 114 Å². The molecule has 1 aliphatic heterocycles. The van der Waals surface area contributed by atoms with Crippen LogP contribution < -0.4 is 0 Å². The van der Waals surface area contributed by atoms with Gasteiger partial charge in [-0.05, 0) is 29.0 Å². The van der Waals surface area contributed by atoms with Gasteiger partial charge in [0.25, 0.3) is 0 Å². The number of aromatic nitrogens is 1. The van der Waals surface area contributed by atoms with E-state index in [0.717, 1.165) is 18.2 Å². The number of rotatable bonds is 4. The van der Waals surface area contributed by atoms with Crippen molar-refractivity contribution in [3.63, 3.8) is 0 Å². The van der Waals surface area contributed by atoms with Crippen LogP contribution in [-0.4, -0.2) is 28.0 Å². The Kier molecular flexibility index (Phi) is 9.44. The first-order valence-corrected chi connectivity index (χ1v) is 11.1. The van der Waals surface area contributed by atoms with E-state index < -0.39 is 35.2 Å². The molecule has 1 aliphatic rings. The van der Waals surface area contributed by atoms with Gasteiger partial charge >= 0.3 is 6.18 Å². The Hall–Kier alpha value is -3.52. The summed E-state index contributed by atoms with van der Waals surface area (Å²) in [4.78, 5) is 7.66. The summed E-state index contributed by atoms with van der Waals surface area (Å²) in [6.45, 7) is 0. The third-order valence-electron chi connectivity index (χ3n) is 5.64. The number of hydrogen-bond donors (Lipinski definition) is 1. The van der Waals surface area contributed by atoms with E-state index in [1.165, 1.54) is 6.08 Å². The molecule has 2 heterocycles. The normalized spacial score (nSPS) is 14.7. The fraction of sp³-hybridized carbons (Fsp3) is 0.103. The maximum absolute atomic E-state index is 13.2. The molecule has 3 aromatic carbocycles. The Morgan fingerprint density at radius 2 is 1.39 bits per heavy atom. The van der Waals surface area contributed by atoms with Crippen LogP contribution in [-0.2, 0) is 25.7 Å². The van der Waals surface area contributed by atoms with Gasteiger partial charge in [0.1, 0.15) is 17.4 Å². The molecule has 1 aromatic heterocycles. The van der Waals surface area contributed by atoms with Crippen molar-refractivity contribution in [3.8, 4) is 11.3 Å². The van der Waals surface area contributed by atoms with Crippen LogP contribution in [0, 0.1) is 17.7 Å². The van der Waals surface area contributed by atoms with E-state index in [-0.39, 0.29) is 25.7 Å². The summed E-state index contributed by atoms with van der Waals surface area (Å²) >= 11 is 0. The van der Waals surface area contributed by atoms with Gasteiger partial charge in [0.2, 0.25) is 0 Å². The zero-order chi connectivity index (χ0) is 26.5. The standard InChI is InChI=1S/C18H14F3NO.C11H6F2N.Ir/c19-18(20,21)16-12-11-15(22-16)17(23,13-7-3-1-4-8-13)14-9-5-2-6-10-14;12-8-4-5-9(10(13)7-8)11-3-1-2-6-14-11;/h1-12,15,23H;1-4,6-7H;/q;-1;. The Morgan fingerprint density at radius 3 is 1.87 bits per heavy atom. The number of alkyl halides is 3. The number of allylic oxidation sites excluding steroid dienone is 1. The maximum atomic E-state index is 13.2. The van der Waals surface area contributed by atoms with Crippen molar-refractivity contribution in [3.05, 3.63) is 138 Å². The minimum Gasteiger partial charge on any atom is -0.378 e. The van der Waals surface area contributed by atoms with E-state index in [1.807, 2.05) is 0 Å². The van der Waals surface area contributed by atoms with E-state index in [0.29, 0.717) is 16.8 Å². The van der Waals surface area contributed by atoms with Crippen molar-refractivity contribution in [1.82, 2.24) is 4.98 Å². The maximum Gasteiger partial charge on any atom is 0.432 e. The van der Waals surface area contributed by atoms with Crippen molar-refractivity contribution in [1.29, 1.82) is 0 Å². The van der Waals surface area contributed by atoms with Crippen LogP contribution in [0.1, 0.15) is 11.1 Å². The first-order chi connectivity index (χ1) is 17.7. The second-order valence-corrected chi connectivity index (χ2v) is 8.07. The molecular weight excluding hydrogens is 680 g/mol. The SMILES string of the molecule is Fc1c[c-]c(-c2ccccn2)c(F)c1.OC(c1ccccc1)(c1ccccc1)C1C=CC(C(F)(F)F)=N1.[Ir]. The number of pyridine rings is 1. The fourth-order valence-electron chi connectivity index (χ4n) is 3.86. The van der Waals surface area contributed by atoms with Crippen molar-refractivity contribution in [2.45, 2.75) is 17.8 Å². The molecule has 0 saturated carbocycles. The topological polar surface area (TPSA) is 45.5 Å². The van der Waals surface area contributed by atoms with Gasteiger partial charge in [-0.2, -0.15) is 13.2 Å². The summed E-state index contributed by atoms with van der Waals surface area (Å²) in [5, 5.41) is 11.3. The molecule has 9 heteroatoms. The van der Waals surface area contributed by atoms with Gasteiger partial charge in [-0.15, -0.1) is 12.1 Å². The quantitative estimate of drug-likeness (QED) is 0.191. The van der Waals surface area contributed by atoms with Gasteiger partial charge in [0, 0.05) is 37.9 Å². The van der Waals surface area contributed by atoms with Gasteiger partial charge < -0.3 is 10.1 Å². The molecule has 1 N–H and O–H groups in total. The molecule has 1 unspecified atom stereocenters. The third kappa shape index (κ3) is 6.48. The Labute approximate surface area is 229 Å². The Balaban J connectivity index is 0.000000229. The monoisotopic (exact) mass is 700 g/mol. The van der Waals surface area contributed by atoms with E-state index >= 15 is 0 Å². The molecule has 0 bridgehead atoms. The van der Waals surface area contributed by atoms with E-state index in [2.05, 4.69) is 16.0 Å². The summed E-state index contributed by atoms with van der Waals surface area (Å²) in [5.74, 6) is -1.29. The second kappa shape index (κ2) is 12.3. The first-order valence-electron chi connectivity index (χ1n) is 11.1. The van der Waals surface area contributed by atoms with Crippen molar-refractivity contribution in [2.24, 2.45) is 4.99 Å². The first kappa shape index (κ1) is 29.0. The average molecular weight is 700 g/mol. The van der Waals surface area contributed by atoms with Gasteiger partial charge in [0.15, 0.2) is 0 Å². The molecule has 5 rings (SSSR count). The van der Waals surface area contributed by atoms with Gasteiger partial charge in [-0.25, -0.2) is 0 Å². The van der Waals surface area contributed by atoms with E-state index in [1.54, 1.807) is 85.1 Å². The summed E-state index contributed by atoms with van der Waals surface area (Å²) < 4.78 is 64.4. The van der Waals surface area contributed by atoms with Crippen molar-refractivity contribution < 1.29 is 47.2 Å². The Morgan fingerprint density at radius 1 is 0.816 bits per heavy atom. The summed E-state index contributed by atoms with van der Waals surface area (Å²) in [7, 11) is 0. The van der Waals surface area contributed by atoms with E-state index in [9.17, 15) is 27.1 Å². The third-order valence-corrected chi connectivity index (χ3v) is 5.64. The minimum atomic E-state index is -4.53. The summed E-state index contributed by atoms with van der Waals surface area (Å²) in [5.41, 5.74) is -1.02. The number of aliphatic imine (C=N–C) groups is 1. The summed E-state index contributed by atoms with van der Waals surface area (Å²) in [6, 6.07) is 25.7. The van der Waals surface area contributed by atoms with Crippen LogP contribution >= 0.6 is 0 Å². The predicted octanol–water partition coefficient (Wildman–Crippen LogP) is 6.69. The van der Waals surface area contributed by atoms with Crippen LogP contribution in [0.3, 0.4) is 0 Å². The number of hydrogen-bond acceptors (Lipinski definition) is 3. The van der Waals surface area contributed by atoms with Gasteiger partial charge in [-0.1, -0.05) is 90.5 Å². The zero-order valence-corrected chi connectivity index (χ0v) is 21.9. The van der Waals surface area contributed by atoms with Crippen LogP contribution in [0.5, 0.6) is 0 Å². The van der Waals surface area contributed by atoms with Crippen molar-refractivity contribution >= 4 is 5.71 Å². The van der Waals surface area contributed by atoms with Gasteiger partial charge in [0.05, 0.1) is 0 Å². The van der Waals surface area contributed by atoms with Crippen LogP contribution in [0.2, 0.25) is 0 Å². The molecule has 1 radical (unpaired) electrons. The number of benzene rings is 3. The van der Waals surface area contributed by atoms with E-state index in [4.69, 9.17) is 0 Å². The molecule has 0 fully saturated rings. The number of aliphatic hydroxyl groups is 1. The molecule has 0 aliphatic carbocycles. The summed E-state index contributed by atoms with van der Waals surface area (Å²) in [6.07, 6.45) is -0.768. The second-order valence-electron chi connectivity index (χ2n) is 8.07. The molecule has 4 aromatic rings. The number of halogens is 5. The van der Waals surface area contributed by atoms with Crippen LogP contribution in [0.4, 0.5) is 22.0 Å².